The van der Waals surface area contributed by atoms with Crippen molar-refractivity contribution in [2.45, 2.75) is 18.0 Å². The number of carbonyl (C=O) groups is 2. The molecule has 1 aromatic heterocycles. The fraction of sp³-hybridized carbons (Fsp3) is 0.583. The molecule has 1 amide bonds. The summed E-state index contributed by atoms with van der Waals surface area (Å²) in [5.74, 6) is -0.943. The number of aryl methyl sites for hydroxylation is 1. The van der Waals surface area contributed by atoms with E-state index in [1.54, 1.807) is 11.1 Å². The number of amides is 1. The van der Waals surface area contributed by atoms with Gasteiger partial charge in [0.15, 0.2) is 5.16 Å². The van der Waals surface area contributed by atoms with Crippen LogP contribution in [-0.4, -0.2) is 50.3 Å². The van der Waals surface area contributed by atoms with Crippen LogP contribution in [0, 0.1) is 5.92 Å². The highest BCUT2D eigenvalue weighted by molar-refractivity contribution is 7.99. The highest BCUT2D eigenvalue weighted by Gasteiger charge is 2.28. The summed E-state index contributed by atoms with van der Waals surface area (Å²) in [6, 6.07) is 0. The maximum Gasteiger partial charge on any atom is 0.308 e. The topological polar surface area (TPSA) is 75.4 Å². The van der Waals surface area contributed by atoms with Crippen LogP contribution in [0.1, 0.15) is 12.8 Å². The molecule has 1 aliphatic rings. The molecule has 0 saturated carbocycles. The van der Waals surface area contributed by atoms with Crippen LogP contribution in [0.25, 0.3) is 0 Å². The van der Waals surface area contributed by atoms with Crippen LogP contribution in [-0.2, 0) is 16.6 Å². The number of carbonyl (C=O) groups excluding carboxylic acids is 1. The van der Waals surface area contributed by atoms with Gasteiger partial charge >= 0.3 is 5.97 Å². The first-order valence-corrected chi connectivity index (χ1v) is 7.17. The van der Waals surface area contributed by atoms with Crippen molar-refractivity contribution < 1.29 is 14.7 Å². The Balaban J connectivity index is 1.86. The molecule has 104 valence electrons. The summed E-state index contributed by atoms with van der Waals surface area (Å²) in [6.07, 6.45) is 4.93. The van der Waals surface area contributed by atoms with Crippen LogP contribution in [0.2, 0.25) is 0 Å². The van der Waals surface area contributed by atoms with Gasteiger partial charge in [-0.05, 0) is 12.8 Å². The third kappa shape index (κ3) is 3.50. The van der Waals surface area contributed by atoms with E-state index in [0.717, 1.165) is 11.6 Å². The first kappa shape index (κ1) is 13.9. The van der Waals surface area contributed by atoms with Gasteiger partial charge in [0.05, 0.1) is 11.7 Å². The lowest BCUT2D eigenvalue weighted by molar-refractivity contribution is -0.145. The zero-order valence-corrected chi connectivity index (χ0v) is 11.6. The van der Waals surface area contributed by atoms with Gasteiger partial charge in [0.2, 0.25) is 5.91 Å². The van der Waals surface area contributed by atoms with Crippen LogP contribution >= 0.6 is 11.8 Å². The lowest BCUT2D eigenvalue weighted by Crippen LogP contribution is -2.43. The van der Waals surface area contributed by atoms with Crippen LogP contribution in [0.4, 0.5) is 0 Å². The minimum atomic E-state index is -0.811. The van der Waals surface area contributed by atoms with E-state index in [0.29, 0.717) is 25.3 Å². The van der Waals surface area contributed by atoms with Gasteiger partial charge in [0.1, 0.15) is 0 Å². The monoisotopic (exact) mass is 283 g/mol. The van der Waals surface area contributed by atoms with E-state index in [-0.39, 0.29) is 5.91 Å². The molecule has 7 heteroatoms. The van der Waals surface area contributed by atoms with Gasteiger partial charge in [-0.1, -0.05) is 11.8 Å². The molecule has 0 aliphatic carbocycles. The summed E-state index contributed by atoms with van der Waals surface area (Å²) >= 11 is 1.38. The first-order chi connectivity index (χ1) is 9.08. The van der Waals surface area contributed by atoms with Crippen molar-refractivity contribution in [1.82, 2.24) is 14.5 Å². The number of piperidine rings is 1. The number of thioether (sulfide) groups is 1. The molecule has 1 aliphatic heterocycles. The molecule has 2 heterocycles. The molecule has 1 aromatic rings. The van der Waals surface area contributed by atoms with Gasteiger partial charge in [-0.25, -0.2) is 4.98 Å². The minimum absolute atomic E-state index is 0.0149. The number of hydrogen-bond donors (Lipinski definition) is 1. The van der Waals surface area contributed by atoms with E-state index in [2.05, 4.69) is 4.98 Å². The highest BCUT2D eigenvalue weighted by Crippen LogP contribution is 2.20. The third-order valence-corrected chi connectivity index (χ3v) is 4.27. The Labute approximate surface area is 115 Å². The minimum Gasteiger partial charge on any atom is -0.481 e. The molecule has 0 spiro atoms. The van der Waals surface area contributed by atoms with Crippen LogP contribution in [0.5, 0.6) is 0 Å². The van der Waals surface area contributed by atoms with E-state index in [4.69, 9.17) is 5.11 Å². The standard InChI is InChI=1S/C12H17N3O3S/c1-14-6-4-13-12(14)19-8-10(16)15-5-2-3-9(7-15)11(17)18/h4,6,9H,2-3,5,7-8H2,1H3,(H,17,18). The number of carboxylic acids is 1. The van der Waals surface area contributed by atoms with Gasteiger partial charge < -0.3 is 14.6 Å². The van der Waals surface area contributed by atoms with E-state index < -0.39 is 11.9 Å². The Morgan fingerprint density at radius 3 is 3.00 bits per heavy atom. The predicted octanol–water partition coefficient (Wildman–Crippen LogP) is 0.835. The normalized spacial score (nSPS) is 19.4. The summed E-state index contributed by atoms with van der Waals surface area (Å²) in [5.41, 5.74) is 0. The summed E-state index contributed by atoms with van der Waals surface area (Å²) in [6.45, 7) is 0.985. The molecule has 6 nitrogen and oxygen atoms in total. The second kappa shape index (κ2) is 6.10. The second-order valence-electron chi connectivity index (χ2n) is 4.63. The maximum atomic E-state index is 12.0. The first-order valence-electron chi connectivity index (χ1n) is 6.18. The second-order valence-corrected chi connectivity index (χ2v) is 5.57. The number of carboxylic acid groups (broad SMARTS) is 1. The molecule has 1 fully saturated rings. The van der Waals surface area contributed by atoms with Gasteiger partial charge in [-0.2, -0.15) is 0 Å². The Hall–Kier alpha value is -1.50. The molecule has 0 bridgehead atoms. The SMILES string of the molecule is Cn1ccnc1SCC(=O)N1CCCC(C(=O)O)C1. The van der Waals surface area contributed by atoms with Gasteiger partial charge in [0.25, 0.3) is 0 Å². The zero-order chi connectivity index (χ0) is 13.8. The molecule has 1 atom stereocenters. The van der Waals surface area contributed by atoms with Gasteiger partial charge in [-0.15, -0.1) is 0 Å². The lowest BCUT2D eigenvalue weighted by atomic mass is 9.98. The smallest absolute Gasteiger partial charge is 0.308 e. The largest absolute Gasteiger partial charge is 0.481 e. The molecule has 19 heavy (non-hydrogen) atoms. The molecule has 0 aromatic carbocycles. The number of rotatable bonds is 4. The quantitative estimate of drug-likeness (QED) is 0.829. The Bertz CT molecular complexity index is 475. The van der Waals surface area contributed by atoms with E-state index in [9.17, 15) is 9.59 Å². The number of aromatic nitrogens is 2. The zero-order valence-electron chi connectivity index (χ0n) is 10.8. The summed E-state index contributed by atoms with van der Waals surface area (Å²) < 4.78 is 1.86. The van der Waals surface area contributed by atoms with Crippen molar-refractivity contribution in [1.29, 1.82) is 0 Å². The molecule has 1 N–H and O–H groups in total. The Kier molecular flexibility index (Phi) is 4.47. The fourth-order valence-electron chi connectivity index (χ4n) is 2.11. The van der Waals surface area contributed by atoms with Crippen molar-refractivity contribution in [2.75, 3.05) is 18.8 Å². The molecule has 0 radical (unpaired) electrons. The molecular weight excluding hydrogens is 266 g/mol. The molecular formula is C12H17N3O3S. The van der Waals surface area contributed by atoms with Crippen molar-refractivity contribution in [3.8, 4) is 0 Å². The van der Waals surface area contributed by atoms with Crippen molar-refractivity contribution in [3.63, 3.8) is 0 Å². The summed E-state index contributed by atoms with van der Waals surface area (Å²) in [7, 11) is 1.88. The van der Waals surface area contributed by atoms with Crippen LogP contribution < -0.4 is 0 Å². The van der Waals surface area contributed by atoms with E-state index in [1.165, 1.54) is 11.8 Å². The average molecular weight is 283 g/mol. The number of nitrogens with zero attached hydrogens (tertiary/aromatic N) is 3. The number of imidazole rings is 1. The molecule has 1 unspecified atom stereocenters. The predicted molar refractivity (Wildman–Crippen MR) is 70.9 cm³/mol. The maximum absolute atomic E-state index is 12.0. The molecule has 1 saturated heterocycles. The van der Waals surface area contributed by atoms with Crippen LogP contribution in [0.3, 0.4) is 0 Å². The average Bonchev–Trinajstić information content (AvgIpc) is 2.81. The lowest BCUT2D eigenvalue weighted by Gasteiger charge is -2.30. The van der Waals surface area contributed by atoms with Gasteiger partial charge in [-0.3, -0.25) is 9.59 Å². The van der Waals surface area contributed by atoms with E-state index in [1.807, 2.05) is 17.8 Å². The van der Waals surface area contributed by atoms with Gasteiger partial charge in [0, 0.05) is 32.5 Å². The fourth-order valence-corrected chi connectivity index (χ4v) is 2.95. The summed E-state index contributed by atoms with van der Waals surface area (Å²) in [5, 5.41) is 9.79. The number of hydrogen-bond acceptors (Lipinski definition) is 4. The molecule has 2 rings (SSSR count). The Morgan fingerprint density at radius 2 is 2.37 bits per heavy atom. The highest BCUT2D eigenvalue weighted by atomic mass is 32.2. The van der Waals surface area contributed by atoms with E-state index >= 15 is 0 Å². The Morgan fingerprint density at radius 1 is 1.58 bits per heavy atom. The van der Waals surface area contributed by atoms with Crippen molar-refractivity contribution in [2.24, 2.45) is 13.0 Å². The number of aliphatic carboxylic acids is 1. The number of likely N-dealkylation sites (tertiary alicyclic amines) is 1. The summed E-state index contributed by atoms with van der Waals surface area (Å²) in [4.78, 5) is 28.8. The van der Waals surface area contributed by atoms with Crippen molar-refractivity contribution in [3.05, 3.63) is 12.4 Å². The van der Waals surface area contributed by atoms with Crippen molar-refractivity contribution >= 4 is 23.6 Å². The van der Waals surface area contributed by atoms with Crippen LogP contribution in [0.15, 0.2) is 17.6 Å². The third-order valence-electron chi connectivity index (χ3n) is 3.23.